The Labute approximate surface area is 308 Å². The Morgan fingerprint density at radius 1 is 0.925 bits per heavy atom. The van der Waals surface area contributed by atoms with E-state index in [0.717, 1.165) is 35.6 Å². The summed E-state index contributed by atoms with van der Waals surface area (Å²) in [5.74, 6) is -3.41. The molecule has 0 bridgehead atoms. The van der Waals surface area contributed by atoms with E-state index in [-0.39, 0.29) is 57.0 Å². The van der Waals surface area contributed by atoms with E-state index in [2.05, 4.69) is 4.84 Å². The molecule has 0 spiro atoms. The number of hydrogen-bond acceptors (Lipinski definition) is 10. The van der Waals surface area contributed by atoms with Crippen LogP contribution in [0, 0.1) is 17.5 Å². The van der Waals surface area contributed by atoms with Gasteiger partial charge in [-0.2, -0.15) is 4.39 Å². The van der Waals surface area contributed by atoms with E-state index < -0.39 is 29.3 Å². The average molecular weight is 762 g/mol. The number of unbranched alkanes of at least 4 members (excludes halogenated alkanes) is 1. The third-order valence-corrected chi connectivity index (χ3v) is 9.48. The van der Waals surface area contributed by atoms with Gasteiger partial charge in [-0.25, -0.2) is 13.6 Å². The predicted octanol–water partition coefficient (Wildman–Crippen LogP) is 7.08. The lowest BCUT2D eigenvalue weighted by Gasteiger charge is -2.33. The van der Waals surface area contributed by atoms with E-state index in [4.69, 9.17) is 41.0 Å². The first-order chi connectivity index (χ1) is 25.6. The number of ether oxygens (including phenoxy) is 4. The predicted molar refractivity (Wildman–Crippen MR) is 183 cm³/mol. The molecule has 0 saturated heterocycles. The van der Waals surface area contributed by atoms with Gasteiger partial charge in [0.15, 0.2) is 28.9 Å². The summed E-state index contributed by atoms with van der Waals surface area (Å²) in [4.78, 5) is 35.5. The van der Waals surface area contributed by atoms with Crippen LogP contribution in [0.4, 0.5) is 18.0 Å². The van der Waals surface area contributed by atoms with Crippen molar-refractivity contribution < 1.29 is 57.0 Å². The Kier molecular flexibility index (Phi) is 12.6. The Balaban J connectivity index is 1.17. The minimum Gasteiger partial charge on any atom is -0.488 e. The van der Waals surface area contributed by atoms with Crippen LogP contribution in [0.5, 0.6) is 17.2 Å². The fraction of sp³-hybridized carbons (Fsp3) is 0.405. The van der Waals surface area contributed by atoms with Gasteiger partial charge in [-0.3, -0.25) is 20.0 Å². The molecule has 0 atom stereocenters. The maximum Gasteiger partial charge on any atom is 0.410 e. The third kappa shape index (κ3) is 9.72. The first-order valence-electron chi connectivity index (χ1n) is 17.3. The highest BCUT2D eigenvalue weighted by Crippen LogP contribution is 2.40. The van der Waals surface area contributed by atoms with Crippen molar-refractivity contribution in [2.75, 3.05) is 39.7 Å². The molecule has 6 rings (SSSR count). The molecule has 12 nitrogen and oxygen atoms in total. The second kappa shape index (κ2) is 17.5. The zero-order valence-electron chi connectivity index (χ0n) is 28.7. The number of nitrogens with zero attached hydrogens (tertiary/aromatic N) is 3. The van der Waals surface area contributed by atoms with Crippen LogP contribution in [0.25, 0.3) is 5.57 Å². The molecule has 53 heavy (non-hydrogen) atoms. The molecule has 0 unspecified atom stereocenters. The molecule has 0 radical (unpaired) electrons. The Morgan fingerprint density at radius 3 is 2.38 bits per heavy atom. The first-order valence-corrected chi connectivity index (χ1v) is 17.7. The number of fused-ring (bicyclic) bond motifs is 1. The largest absolute Gasteiger partial charge is 0.488 e. The van der Waals surface area contributed by atoms with E-state index in [1.807, 2.05) is 24.3 Å². The van der Waals surface area contributed by atoms with Crippen LogP contribution >= 0.6 is 11.6 Å². The fourth-order valence-electron chi connectivity index (χ4n) is 6.19. The molecule has 2 amide bonds. The van der Waals surface area contributed by atoms with Crippen molar-refractivity contribution in [2.24, 2.45) is 0 Å². The van der Waals surface area contributed by atoms with Crippen LogP contribution in [0.1, 0.15) is 55.2 Å². The third-order valence-electron chi connectivity index (χ3n) is 9.12. The molecule has 1 fully saturated rings. The topological polar surface area (TPSA) is 130 Å². The van der Waals surface area contributed by atoms with Crippen molar-refractivity contribution in [1.29, 1.82) is 0 Å². The highest BCUT2D eigenvalue weighted by Gasteiger charge is 2.38. The van der Waals surface area contributed by atoms with E-state index in [9.17, 15) is 22.8 Å². The molecule has 2 heterocycles. The molecule has 3 aromatic rings. The van der Waals surface area contributed by atoms with Crippen molar-refractivity contribution in [3.8, 4) is 17.2 Å². The highest BCUT2D eigenvalue weighted by atomic mass is 35.5. The van der Waals surface area contributed by atoms with Crippen molar-refractivity contribution >= 4 is 29.2 Å². The van der Waals surface area contributed by atoms with Crippen LogP contribution in [0.15, 0.2) is 54.1 Å². The molecule has 2 N–H and O–H groups in total. The van der Waals surface area contributed by atoms with E-state index >= 15 is 0 Å². The summed E-state index contributed by atoms with van der Waals surface area (Å²) in [5, 5.41) is 17.4. The van der Waals surface area contributed by atoms with E-state index in [1.54, 1.807) is 17.0 Å². The lowest BCUT2D eigenvalue weighted by molar-refractivity contribution is -0.492. The second-order valence-electron chi connectivity index (χ2n) is 12.8. The lowest BCUT2D eigenvalue weighted by atomic mass is 9.91. The smallest absolute Gasteiger partial charge is 0.410 e. The second-order valence-corrected chi connectivity index (χ2v) is 13.2. The van der Waals surface area contributed by atoms with Crippen LogP contribution in [0.3, 0.4) is 0 Å². The molecular weight excluding hydrogens is 723 g/mol. The number of amides is 2. The van der Waals surface area contributed by atoms with Crippen molar-refractivity contribution in [3.63, 3.8) is 0 Å². The standard InChI is InChI=1S/C37H39ClF3N3O9/c38-29-19-33-32(51-22-52-33)18-25(29)20-43(26-9-10-26)36(45)28-21-42(37(46)50-15-1-2-17-53-44(47)48)14-13-27(28)24-7-5-23(6-8-24)4-3-16-49-35-31(40)12-11-30(39)34(35)41/h5-8,11-12,18-19,26,47-48H,1-4,9-10,13-17,20-22H2. The van der Waals surface area contributed by atoms with Gasteiger partial charge in [0.25, 0.3) is 5.91 Å². The van der Waals surface area contributed by atoms with Gasteiger partial charge in [-0.05, 0) is 85.4 Å². The number of carbonyl (C=O) groups is 2. The summed E-state index contributed by atoms with van der Waals surface area (Å²) in [7, 11) is 0. The number of halogens is 4. The van der Waals surface area contributed by atoms with E-state index in [1.165, 1.54) is 4.90 Å². The SMILES string of the molecule is O=C(OCCCCON(O)O)N1CCC(c2ccc(CCCOc3c(F)ccc(F)c3F)cc2)=C(C(=O)N(Cc2cc3c(cc2Cl)OCO3)C2CC2)C1. The molecule has 0 aromatic heterocycles. The Morgan fingerprint density at radius 2 is 1.64 bits per heavy atom. The summed E-state index contributed by atoms with van der Waals surface area (Å²) in [6.07, 6.45) is 3.21. The number of aryl methyl sites for hydroxylation is 1. The average Bonchev–Trinajstić information content (AvgIpc) is 3.90. The van der Waals surface area contributed by atoms with Crippen LogP contribution < -0.4 is 14.2 Å². The summed E-state index contributed by atoms with van der Waals surface area (Å²) < 4.78 is 63.0. The maximum absolute atomic E-state index is 14.5. The van der Waals surface area contributed by atoms with Gasteiger partial charge in [-0.15, -0.1) is 0 Å². The van der Waals surface area contributed by atoms with Gasteiger partial charge >= 0.3 is 6.09 Å². The first kappa shape index (κ1) is 38.2. The molecule has 16 heteroatoms. The zero-order chi connectivity index (χ0) is 37.5. The lowest BCUT2D eigenvalue weighted by Crippen LogP contribution is -2.43. The van der Waals surface area contributed by atoms with Gasteiger partial charge in [0.05, 0.1) is 31.8 Å². The maximum atomic E-state index is 14.5. The Hall–Kier alpha value is -4.54. The summed E-state index contributed by atoms with van der Waals surface area (Å²) in [5.41, 5.74) is 3.68. The molecule has 2 aliphatic heterocycles. The van der Waals surface area contributed by atoms with Crippen LogP contribution in [-0.2, 0) is 27.3 Å². The van der Waals surface area contributed by atoms with Crippen molar-refractivity contribution in [1.82, 2.24) is 15.2 Å². The quantitative estimate of drug-likeness (QED) is 0.0888. The number of rotatable bonds is 16. The monoisotopic (exact) mass is 761 g/mol. The Bertz CT molecular complexity index is 1830. The molecule has 1 aliphatic carbocycles. The van der Waals surface area contributed by atoms with Gasteiger partial charge in [0, 0.05) is 35.8 Å². The minimum absolute atomic E-state index is 0.00465. The van der Waals surface area contributed by atoms with Gasteiger partial charge in [-0.1, -0.05) is 35.9 Å². The summed E-state index contributed by atoms with van der Waals surface area (Å²) in [6.45, 7) is 0.701. The normalized spacial score (nSPS) is 15.3. The number of hydrogen-bond donors (Lipinski definition) is 2. The molecular formula is C37H39ClF3N3O9. The number of benzene rings is 3. The van der Waals surface area contributed by atoms with Crippen LogP contribution in [-0.4, -0.2) is 83.3 Å². The summed E-state index contributed by atoms with van der Waals surface area (Å²) >= 11 is 6.62. The van der Waals surface area contributed by atoms with Crippen molar-refractivity contribution in [2.45, 2.75) is 57.5 Å². The zero-order valence-corrected chi connectivity index (χ0v) is 29.5. The molecule has 3 aliphatic rings. The summed E-state index contributed by atoms with van der Waals surface area (Å²) in [6, 6.07) is 12.6. The van der Waals surface area contributed by atoms with Crippen molar-refractivity contribution in [3.05, 3.63) is 93.3 Å². The number of carbonyl (C=O) groups excluding carboxylic acids is 2. The minimum atomic E-state index is -1.36. The van der Waals surface area contributed by atoms with Gasteiger partial charge < -0.3 is 28.7 Å². The van der Waals surface area contributed by atoms with Crippen LogP contribution in [0.2, 0.25) is 5.02 Å². The fourth-order valence-corrected chi connectivity index (χ4v) is 6.40. The highest BCUT2D eigenvalue weighted by molar-refractivity contribution is 6.31. The van der Waals surface area contributed by atoms with Gasteiger partial charge in [0.1, 0.15) is 0 Å². The molecule has 284 valence electrons. The molecule has 3 aromatic carbocycles. The van der Waals surface area contributed by atoms with Gasteiger partial charge in [0.2, 0.25) is 12.6 Å². The van der Waals surface area contributed by atoms with E-state index in [0.29, 0.717) is 72.4 Å². The molecule has 1 saturated carbocycles.